The topological polar surface area (TPSA) is 119 Å². The first-order valence-corrected chi connectivity index (χ1v) is 14.9. The summed E-state index contributed by atoms with van der Waals surface area (Å²) in [7, 11) is 0. The highest BCUT2D eigenvalue weighted by molar-refractivity contribution is 7.99. The van der Waals surface area contributed by atoms with E-state index in [9.17, 15) is 24.6 Å². The van der Waals surface area contributed by atoms with Crippen molar-refractivity contribution in [2.24, 2.45) is 0 Å². The second-order valence-corrected chi connectivity index (χ2v) is 10.5. The SMILES string of the molecule is CCCc1c(SCCCOc2ccc(C(C)=O)c(OCCCC(=O)OCC)c2CCCO)ccc(C(C)=O)c1O. The van der Waals surface area contributed by atoms with Gasteiger partial charge in [0.1, 0.15) is 17.2 Å². The molecular formula is C31H42O8S. The molecule has 0 aliphatic carbocycles. The second-order valence-electron chi connectivity index (χ2n) is 9.35. The molecule has 0 bridgehead atoms. The minimum atomic E-state index is -0.292. The van der Waals surface area contributed by atoms with Gasteiger partial charge in [0.15, 0.2) is 11.6 Å². The average molecular weight is 575 g/mol. The summed E-state index contributed by atoms with van der Waals surface area (Å²) in [6.45, 7) is 7.68. The van der Waals surface area contributed by atoms with Gasteiger partial charge in [0.05, 0.1) is 30.9 Å². The lowest BCUT2D eigenvalue weighted by atomic mass is 10.0. The number of carbonyl (C=O) groups excluding carboxylic acids is 3. The monoisotopic (exact) mass is 574 g/mol. The van der Waals surface area contributed by atoms with Crippen molar-refractivity contribution in [3.05, 3.63) is 46.5 Å². The number of aromatic hydroxyl groups is 1. The summed E-state index contributed by atoms with van der Waals surface area (Å²) in [5.74, 6) is 1.25. The Morgan fingerprint density at radius 2 is 1.55 bits per heavy atom. The Kier molecular flexibility index (Phi) is 14.6. The molecule has 0 saturated heterocycles. The van der Waals surface area contributed by atoms with Crippen LogP contribution in [0, 0.1) is 0 Å². The van der Waals surface area contributed by atoms with Gasteiger partial charge in [-0.05, 0) is 77.1 Å². The number of phenolic OH excluding ortho intramolecular Hbond substituents is 1. The van der Waals surface area contributed by atoms with Crippen LogP contribution in [0.4, 0.5) is 0 Å². The van der Waals surface area contributed by atoms with Gasteiger partial charge in [0, 0.05) is 34.8 Å². The Morgan fingerprint density at radius 1 is 0.850 bits per heavy atom. The third-order valence-corrected chi connectivity index (χ3v) is 7.37. The molecule has 220 valence electrons. The largest absolute Gasteiger partial charge is 0.507 e. The van der Waals surface area contributed by atoms with Crippen LogP contribution in [0.5, 0.6) is 17.2 Å². The average Bonchev–Trinajstić information content (AvgIpc) is 2.91. The first-order valence-electron chi connectivity index (χ1n) is 13.9. The first kappa shape index (κ1) is 33.2. The second kappa shape index (κ2) is 17.6. The summed E-state index contributed by atoms with van der Waals surface area (Å²) in [4.78, 5) is 36.8. The fourth-order valence-corrected chi connectivity index (χ4v) is 5.27. The third-order valence-electron chi connectivity index (χ3n) is 6.18. The molecule has 0 atom stereocenters. The minimum Gasteiger partial charge on any atom is -0.507 e. The molecule has 2 aromatic carbocycles. The lowest BCUT2D eigenvalue weighted by Gasteiger charge is -2.19. The molecule has 0 amide bonds. The molecule has 2 N–H and O–H groups in total. The molecule has 0 heterocycles. The predicted octanol–water partition coefficient (Wildman–Crippen LogP) is 5.96. The smallest absolute Gasteiger partial charge is 0.305 e. The molecule has 2 aromatic rings. The molecule has 0 spiro atoms. The minimum absolute atomic E-state index is 0.0158. The number of Topliss-reactive ketones (excluding diaryl/α,β-unsaturated/α-hetero) is 2. The molecule has 0 aliphatic heterocycles. The van der Waals surface area contributed by atoms with E-state index in [-0.39, 0.29) is 42.9 Å². The van der Waals surface area contributed by atoms with E-state index in [0.29, 0.717) is 61.5 Å². The summed E-state index contributed by atoms with van der Waals surface area (Å²) < 4.78 is 17.1. The van der Waals surface area contributed by atoms with Gasteiger partial charge in [-0.25, -0.2) is 0 Å². The highest BCUT2D eigenvalue weighted by Crippen LogP contribution is 2.36. The first-order chi connectivity index (χ1) is 19.2. The molecule has 8 nitrogen and oxygen atoms in total. The highest BCUT2D eigenvalue weighted by Gasteiger charge is 2.19. The van der Waals surface area contributed by atoms with Crippen LogP contribution in [0.1, 0.15) is 91.6 Å². The van der Waals surface area contributed by atoms with Crippen LogP contribution >= 0.6 is 11.8 Å². The molecule has 40 heavy (non-hydrogen) atoms. The van der Waals surface area contributed by atoms with Crippen LogP contribution in [-0.4, -0.2) is 59.9 Å². The van der Waals surface area contributed by atoms with E-state index in [1.54, 1.807) is 36.9 Å². The van der Waals surface area contributed by atoms with Crippen LogP contribution < -0.4 is 9.47 Å². The van der Waals surface area contributed by atoms with E-state index in [1.165, 1.54) is 13.8 Å². The molecule has 0 unspecified atom stereocenters. The van der Waals surface area contributed by atoms with Crippen molar-refractivity contribution in [3.63, 3.8) is 0 Å². The van der Waals surface area contributed by atoms with Crippen molar-refractivity contribution in [1.82, 2.24) is 0 Å². The quantitative estimate of drug-likeness (QED) is 0.0906. The Labute approximate surface area is 241 Å². The standard InChI is InChI=1S/C31H42O8S/c1-5-10-26-28(16-14-23(21(3)33)30(26)36)40-20-9-19-38-27-15-13-24(22(4)34)31(25(27)11-7-17-32)39-18-8-12-29(35)37-6-2/h13-16,32,36H,5-12,17-20H2,1-4H3. The molecule has 9 heteroatoms. The van der Waals surface area contributed by atoms with Gasteiger partial charge >= 0.3 is 5.97 Å². The molecular weight excluding hydrogens is 532 g/mol. The van der Waals surface area contributed by atoms with Crippen molar-refractivity contribution in [2.75, 3.05) is 32.2 Å². The van der Waals surface area contributed by atoms with E-state index in [1.807, 2.05) is 13.0 Å². The summed E-state index contributed by atoms with van der Waals surface area (Å²) in [6, 6.07) is 7.02. The van der Waals surface area contributed by atoms with Crippen LogP contribution in [0.15, 0.2) is 29.2 Å². The molecule has 0 aliphatic rings. The van der Waals surface area contributed by atoms with Crippen LogP contribution in [-0.2, 0) is 22.4 Å². The van der Waals surface area contributed by atoms with Crippen molar-refractivity contribution < 1.29 is 38.8 Å². The number of rotatable bonds is 19. The molecule has 0 fully saturated rings. The molecule has 2 rings (SSSR count). The summed E-state index contributed by atoms with van der Waals surface area (Å²) in [5.41, 5.74) is 2.31. The predicted molar refractivity (Wildman–Crippen MR) is 156 cm³/mol. The van der Waals surface area contributed by atoms with E-state index in [4.69, 9.17) is 14.2 Å². The number of esters is 1. The number of hydrogen-bond donors (Lipinski definition) is 2. The maximum atomic E-state index is 12.3. The Balaban J connectivity index is 2.10. The zero-order chi connectivity index (χ0) is 29.5. The van der Waals surface area contributed by atoms with Gasteiger partial charge in [-0.15, -0.1) is 11.8 Å². The maximum absolute atomic E-state index is 12.3. The number of ketones is 2. The Hall–Kier alpha value is -3.04. The Morgan fingerprint density at radius 3 is 2.20 bits per heavy atom. The molecule has 0 aromatic heterocycles. The third kappa shape index (κ3) is 9.86. The maximum Gasteiger partial charge on any atom is 0.305 e. The highest BCUT2D eigenvalue weighted by atomic mass is 32.2. The van der Waals surface area contributed by atoms with Crippen molar-refractivity contribution in [2.45, 2.75) is 77.5 Å². The van der Waals surface area contributed by atoms with Crippen LogP contribution in [0.25, 0.3) is 0 Å². The van der Waals surface area contributed by atoms with E-state index in [0.717, 1.165) is 34.6 Å². The zero-order valence-electron chi connectivity index (χ0n) is 24.0. The zero-order valence-corrected chi connectivity index (χ0v) is 24.9. The lowest BCUT2D eigenvalue weighted by Crippen LogP contribution is -2.11. The fourth-order valence-electron chi connectivity index (χ4n) is 4.26. The van der Waals surface area contributed by atoms with Gasteiger partial charge < -0.3 is 24.4 Å². The normalized spacial score (nSPS) is 10.8. The van der Waals surface area contributed by atoms with Crippen LogP contribution in [0.2, 0.25) is 0 Å². The summed E-state index contributed by atoms with van der Waals surface area (Å²) in [6.07, 6.45) is 3.87. The number of carbonyl (C=O) groups is 3. The number of ether oxygens (including phenoxy) is 3. The van der Waals surface area contributed by atoms with Crippen molar-refractivity contribution in [3.8, 4) is 17.2 Å². The molecule has 0 saturated carbocycles. The van der Waals surface area contributed by atoms with Gasteiger partial charge in [-0.2, -0.15) is 0 Å². The van der Waals surface area contributed by atoms with Gasteiger partial charge in [-0.3, -0.25) is 14.4 Å². The van der Waals surface area contributed by atoms with Crippen molar-refractivity contribution in [1.29, 1.82) is 0 Å². The van der Waals surface area contributed by atoms with Gasteiger partial charge in [-0.1, -0.05) is 13.3 Å². The number of phenols is 1. The number of thioether (sulfide) groups is 1. The lowest BCUT2D eigenvalue weighted by molar-refractivity contribution is -0.143. The van der Waals surface area contributed by atoms with Crippen molar-refractivity contribution >= 4 is 29.3 Å². The fraction of sp³-hybridized carbons (Fsp3) is 0.516. The van der Waals surface area contributed by atoms with E-state index in [2.05, 4.69) is 0 Å². The molecule has 0 radical (unpaired) electrons. The number of aliphatic hydroxyl groups excluding tert-OH is 1. The van der Waals surface area contributed by atoms with Gasteiger partial charge in [0.2, 0.25) is 0 Å². The van der Waals surface area contributed by atoms with E-state index >= 15 is 0 Å². The van der Waals surface area contributed by atoms with E-state index < -0.39 is 0 Å². The van der Waals surface area contributed by atoms with Gasteiger partial charge in [0.25, 0.3) is 0 Å². The number of aliphatic hydroxyl groups is 1. The summed E-state index contributed by atoms with van der Waals surface area (Å²) in [5, 5.41) is 20.1. The van der Waals surface area contributed by atoms with Crippen LogP contribution in [0.3, 0.4) is 0 Å². The summed E-state index contributed by atoms with van der Waals surface area (Å²) >= 11 is 1.61. The Bertz CT molecular complexity index is 1140. The number of benzene rings is 2. The number of hydrogen-bond acceptors (Lipinski definition) is 9.